The van der Waals surface area contributed by atoms with E-state index in [-0.39, 0.29) is 24.7 Å². The normalized spacial score (nSPS) is 10.9. The molecule has 0 N–H and O–H groups in total. The van der Waals surface area contributed by atoms with Crippen LogP contribution in [0.15, 0.2) is 51.4 Å². The minimum Gasteiger partial charge on any atom is -0.450 e. The van der Waals surface area contributed by atoms with Gasteiger partial charge < -0.3 is 13.9 Å². The summed E-state index contributed by atoms with van der Waals surface area (Å²) in [5.74, 6) is -0.286. The monoisotopic (exact) mass is 493 g/mol. The van der Waals surface area contributed by atoms with Crippen molar-refractivity contribution < 1.29 is 23.5 Å². The van der Waals surface area contributed by atoms with Gasteiger partial charge in [-0.15, -0.1) is 0 Å². The minimum atomic E-state index is -0.568. The van der Waals surface area contributed by atoms with Gasteiger partial charge in [-0.3, -0.25) is 9.69 Å². The maximum absolute atomic E-state index is 13.3. The number of benzene rings is 2. The number of hydrogen-bond acceptors (Lipinski definition) is 5. The van der Waals surface area contributed by atoms with Crippen LogP contribution in [-0.4, -0.2) is 38.7 Å². The predicted octanol–water partition coefficient (Wildman–Crippen LogP) is 6.08. The third kappa shape index (κ3) is 4.86. The average Bonchev–Trinajstić information content (AvgIpc) is 3.09. The number of carbonyl (C=O) groups is 2. The second-order valence-corrected chi connectivity index (χ2v) is 7.81. The highest BCUT2D eigenvalue weighted by atomic mass is 79.9. The molecule has 0 aliphatic carbocycles. The van der Waals surface area contributed by atoms with E-state index in [1.165, 1.54) is 4.90 Å². The Labute approximate surface area is 187 Å². The standard InChI is InChI=1S/C22H21BrClNO5/c1-3-29-22(27)25(11-4-12-28-2)19-17-13-16(24)9-10-18(17)30-21(19)20(26)14-5-7-15(23)8-6-14/h5-10,13H,3-4,11-12H2,1-2H3. The molecular weight excluding hydrogens is 474 g/mol. The van der Waals surface area contributed by atoms with E-state index in [0.717, 1.165) is 4.47 Å². The average molecular weight is 495 g/mol. The third-order valence-corrected chi connectivity index (χ3v) is 5.19. The summed E-state index contributed by atoms with van der Waals surface area (Å²) in [6.45, 7) is 2.66. The summed E-state index contributed by atoms with van der Waals surface area (Å²) in [5, 5.41) is 1.03. The van der Waals surface area contributed by atoms with Gasteiger partial charge in [0.2, 0.25) is 5.78 Å². The zero-order valence-electron chi connectivity index (χ0n) is 16.6. The van der Waals surface area contributed by atoms with Crippen molar-refractivity contribution in [3.8, 4) is 0 Å². The molecule has 30 heavy (non-hydrogen) atoms. The van der Waals surface area contributed by atoms with E-state index >= 15 is 0 Å². The van der Waals surface area contributed by atoms with Crippen molar-refractivity contribution in [2.24, 2.45) is 0 Å². The number of nitrogens with zero attached hydrogens (tertiary/aromatic N) is 1. The van der Waals surface area contributed by atoms with Gasteiger partial charge in [0.15, 0.2) is 5.76 Å². The van der Waals surface area contributed by atoms with Crippen LogP contribution in [0.3, 0.4) is 0 Å². The van der Waals surface area contributed by atoms with Crippen molar-refractivity contribution in [3.63, 3.8) is 0 Å². The van der Waals surface area contributed by atoms with Crippen LogP contribution in [0.4, 0.5) is 10.5 Å². The molecule has 1 heterocycles. The zero-order chi connectivity index (χ0) is 21.7. The molecule has 0 spiro atoms. The number of fused-ring (bicyclic) bond motifs is 1. The molecule has 8 heteroatoms. The quantitative estimate of drug-likeness (QED) is 0.280. The maximum atomic E-state index is 13.3. The van der Waals surface area contributed by atoms with E-state index in [2.05, 4.69) is 15.9 Å². The second kappa shape index (κ2) is 10.1. The van der Waals surface area contributed by atoms with Gasteiger partial charge in [-0.25, -0.2) is 4.79 Å². The van der Waals surface area contributed by atoms with Crippen LogP contribution in [0, 0.1) is 0 Å². The van der Waals surface area contributed by atoms with Gasteiger partial charge in [-0.05, 0) is 55.8 Å². The third-order valence-electron chi connectivity index (χ3n) is 4.42. The number of anilines is 1. The van der Waals surface area contributed by atoms with E-state index in [0.29, 0.717) is 40.3 Å². The number of halogens is 2. The van der Waals surface area contributed by atoms with Gasteiger partial charge >= 0.3 is 6.09 Å². The summed E-state index contributed by atoms with van der Waals surface area (Å²) in [4.78, 5) is 27.5. The minimum absolute atomic E-state index is 0.0556. The fourth-order valence-corrected chi connectivity index (χ4v) is 3.51. The summed E-state index contributed by atoms with van der Waals surface area (Å²) in [5.41, 5.74) is 1.23. The summed E-state index contributed by atoms with van der Waals surface area (Å²) >= 11 is 9.57. The van der Waals surface area contributed by atoms with E-state index < -0.39 is 6.09 Å². The summed E-state index contributed by atoms with van der Waals surface area (Å²) in [7, 11) is 1.59. The topological polar surface area (TPSA) is 69.0 Å². The lowest BCUT2D eigenvalue weighted by atomic mass is 10.1. The molecule has 0 saturated carbocycles. The number of furan rings is 1. The fourth-order valence-electron chi connectivity index (χ4n) is 3.07. The van der Waals surface area contributed by atoms with Crippen molar-refractivity contribution in [3.05, 3.63) is 63.3 Å². The van der Waals surface area contributed by atoms with Crippen molar-refractivity contribution in [2.45, 2.75) is 13.3 Å². The van der Waals surface area contributed by atoms with Gasteiger partial charge in [0.1, 0.15) is 11.3 Å². The Kier molecular flexibility index (Phi) is 7.53. The SMILES string of the molecule is CCOC(=O)N(CCCOC)c1c(C(=O)c2ccc(Br)cc2)oc2ccc(Cl)cc12. The molecule has 1 amide bonds. The molecule has 158 valence electrons. The molecule has 2 aromatic carbocycles. The highest BCUT2D eigenvalue weighted by Crippen LogP contribution is 2.37. The number of amides is 1. The number of methoxy groups -OCH3 is 1. The van der Waals surface area contributed by atoms with E-state index in [4.69, 9.17) is 25.5 Å². The molecule has 0 radical (unpaired) electrons. The van der Waals surface area contributed by atoms with Crippen LogP contribution in [0.1, 0.15) is 29.5 Å². The first-order chi connectivity index (χ1) is 14.5. The van der Waals surface area contributed by atoms with Crippen LogP contribution in [0.5, 0.6) is 0 Å². The molecule has 0 saturated heterocycles. The van der Waals surface area contributed by atoms with E-state index in [1.807, 2.05) is 0 Å². The molecule has 6 nitrogen and oxygen atoms in total. The summed E-state index contributed by atoms with van der Waals surface area (Å²) in [6, 6.07) is 12.0. The highest BCUT2D eigenvalue weighted by Gasteiger charge is 2.30. The highest BCUT2D eigenvalue weighted by molar-refractivity contribution is 9.10. The molecular formula is C22H21BrClNO5. The number of hydrogen-bond donors (Lipinski definition) is 0. The Morgan fingerprint density at radius 1 is 1.17 bits per heavy atom. The number of ketones is 1. The number of carbonyl (C=O) groups excluding carboxylic acids is 2. The van der Waals surface area contributed by atoms with Crippen LogP contribution < -0.4 is 4.90 Å². The molecule has 0 fully saturated rings. The second-order valence-electron chi connectivity index (χ2n) is 6.45. The van der Waals surface area contributed by atoms with Gasteiger partial charge in [0, 0.05) is 40.7 Å². The lowest BCUT2D eigenvalue weighted by Gasteiger charge is -2.22. The van der Waals surface area contributed by atoms with E-state index in [1.54, 1.807) is 56.5 Å². The summed E-state index contributed by atoms with van der Waals surface area (Å²) in [6.07, 6.45) is -0.0183. The fraction of sp³-hybridized carbons (Fsp3) is 0.273. The molecule has 1 aromatic heterocycles. The Balaban J connectivity index is 2.16. The van der Waals surface area contributed by atoms with Gasteiger partial charge in [0.25, 0.3) is 0 Å². The van der Waals surface area contributed by atoms with Gasteiger partial charge in [0.05, 0.1) is 6.61 Å². The molecule has 0 unspecified atom stereocenters. The van der Waals surface area contributed by atoms with Gasteiger partial charge in [-0.1, -0.05) is 27.5 Å². The first-order valence-electron chi connectivity index (χ1n) is 9.41. The smallest absolute Gasteiger partial charge is 0.414 e. The van der Waals surface area contributed by atoms with Crippen molar-refractivity contribution in [1.82, 2.24) is 0 Å². The predicted molar refractivity (Wildman–Crippen MR) is 120 cm³/mol. The lowest BCUT2D eigenvalue weighted by Crippen LogP contribution is -2.34. The van der Waals surface area contributed by atoms with Crippen LogP contribution in [0.2, 0.25) is 5.02 Å². The van der Waals surface area contributed by atoms with Crippen molar-refractivity contribution in [1.29, 1.82) is 0 Å². The van der Waals surface area contributed by atoms with Crippen LogP contribution in [-0.2, 0) is 9.47 Å². The molecule has 3 rings (SSSR count). The van der Waals surface area contributed by atoms with Gasteiger partial charge in [-0.2, -0.15) is 0 Å². The first kappa shape index (κ1) is 22.3. The van der Waals surface area contributed by atoms with Crippen LogP contribution in [0.25, 0.3) is 11.0 Å². The Morgan fingerprint density at radius 2 is 1.90 bits per heavy atom. The Hall–Kier alpha value is -2.35. The Bertz CT molecular complexity index is 1050. The Morgan fingerprint density at radius 3 is 2.57 bits per heavy atom. The summed E-state index contributed by atoms with van der Waals surface area (Å²) < 4.78 is 17.1. The van der Waals surface area contributed by atoms with Crippen LogP contribution >= 0.6 is 27.5 Å². The number of ether oxygens (including phenoxy) is 2. The maximum Gasteiger partial charge on any atom is 0.414 e. The van der Waals surface area contributed by atoms with E-state index in [9.17, 15) is 9.59 Å². The lowest BCUT2D eigenvalue weighted by molar-refractivity contribution is 0.101. The molecule has 0 aliphatic rings. The first-order valence-corrected chi connectivity index (χ1v) is 10.6. The molecule has 0 bridgehead atoms. The van der Waals surface area contributed by atoms with Crippen molar-refractivity contribution in [2.75, 3.05) is 31.8 Å². The number of rotatable bonds is 8. The molecule has 0 aliphatic heterocycles. The van der Waals surface area contributed by atoms with Crippen molar-refractivity contribution >= 4 is 56.1 Å². The zero-order valence-corrected chi connectivity index (χ0v) is 19.0. The molecule has 3 aromatic rings. The molecule has 0 atom stereocenters. The largest absolute Gasteiger partial charge is 0.450 e.